The molecule has 0 spiro atoms. The molecule has 0 aliphatic heterocycles. The molecular formula is C16H24N4O. The van der Waals surface area contributed by atoms with Gasteiger partial charge in [-0.1, -0.05) is 6.92 Å². The zero-order chi connectivity index (χ0) is 15.4. The molecule has 0 aliphatic carbocycles. The molecule has 21 heavy (non-hydrogen) atoms. The Labute approximate surface area is 126 Å². The molecule has 0 amide bonds. The highest BCUT2D eigenvalue weighted by Crippen LogP contribution is 2.27. The van der Waals surface area contributed by atoms with Crippen molar-refractivity contribution in [1.82, 2.24) is 20.1 Å². The van der Waals surface area contributed by atoms with Crippen LogP contribution in [-0.2, 0) is 13.6 Å². The predicted octanol–water partition coefficient (Wildman–Crippen LogP) is 3.03. The smallest absolute Gasteiger partial charge is 0.219 e. The van der Waals surface area contributed by atoms with Gasteiger partial charge in [-0.3, -0.25) is 4.68 Å². The van der Waals surface area contributed by atoms with Gasteiger partial charge in [0.2, 0.25) is 5.88 Å². The summed E-state index contributed by atoms with van der Waals surface area (Å²) < 4.78 is 7.79. The zero-order valence-electron chi connectivity index (χ0n) is 13.5. The fourth-order valence-electron chi connectivity index (χ4n) is 2.28. The molecule has 0 unspecified atom stereocenters. The summed E-state index contributed by atoms with van der Waals surface area (Å²) in [5.74, 6) is 1.42. The average molecular weight is 288 g/mol. The third kappa shape index (κ3) is 3.82. The molecule has 0 atom stereocenters. The Balaban J connectivity index is 2.19. The lowest BCUT2D eigenvalue weighted by Crippen LogP contribution is -2.14. The van der Waals surface area contributed by atoms with Gasteiger partial charge in [-0.2, -0.15) is 5.10 Å². The van der Waals surface area contributed by atoms with Gasteiger partial charge in [0.1, 0.15) is 5.69 Å². The van der Waals surface area contributed by atoms with Crippen LogP contribution < -0.4 is 10.1 Å². The van der Waals surface area contributed by atoms with E-state index in [1.54, 1.807) is 0 Å². The lowest BCUT2D eigenvalue weighted by Gasteiger charge is -2.09. The van der Waals surface area contributed by atoms with Crippen LogP contribution in [0.4, 0.5) is 0 Å². The first kappa shape index (κ1) is 15.5. The summed E-state index contributed by atoms with van der Waals surface area (Å²) in [7, 11) is 1.92. The second kappa shape index (κ2) is 6.72. The predicted molar refractivity (Wildman–Crippen MR) is 83.7 cm³/mol. The summed E-state index contributed by atoms with van der Waals surface area (Å²) in [6, 6.07) is 4.07. The van der Waals surface area contributed by atoms with Crippen LogP contribution in [0.1, 0.15) is 36.0 Å². The summed E-state index contributed by atoms with van der Waals surface area (Å²) in [6.07, 6.45) is 1.13. The third-order valence-corrected chi connectivity index (χ3v) is 3.39. The summed E-state index contributed by atoms with van der Waals surface area (Å²) in [5, 5.41) is 7.76. The van der Waals surface area contributed by atoms with Crippen LogP contribution in [0.2, 0.25) is 0 Å². The third-order valence-electron chi connectivity index (χ3n) is 3.39. The van der Waals surface area contributed by atoms with Crippen molar-refractivity contribution in [2.75, 3.05) is 6.54 Å². The highest BCUT2D eigenvalue weighted by molar-refractivity contribution is 5.36. The van der Waals surface area contributed by atoms with Crippen molar-refractivity contribution in [3.8, 4) is 11.6 Å². The maximum atomic E-state index is 5.97. The van der Waals surface area contributed by atoms with Crippen LogP contribution in [0.5, 0.6) is 11.6 Å². The number of hydrogen-bond acceptors (Lipinski definition) is 4. The summed E-state index contributed by atoms with van der Waals surface area (Å²) >= 11 is 0. The SMILES string of the molecule is CCCNCc1cc(C)nc(Oc2c(C)nn(C)c2C)c1. The van der Waals surface area contributed by atoms with Crippen LogP contribution in [-0.4, -0.2) is 21.3 Å². The Morgan fingerprint density at radius 3 is 2.62 bits per heavy atom. The molecule has 0 aliphatic rings. The topological polar surface area (TPSA) is 52.0 Å². The average Bonchev–Trinajstić information content (AvgIpc) is 2.65. The molecule has 5 heteroatoms. The normalized spacial score (nSPS) is 10.9. The van der Waals surface area contributed by atoms with E-state index in [1.807, 2.05) is 38.6 Å². The largest absolute Gasteiger partial charge is 0.435 e. The number of aromatic nitrogens is 3. The van der Waals surface area contributed by atoms with Gasteiger partial charge in [-0.05, 0) is 45.4 Å². The Morgan fingerprint density at radius 1 is 1.24 bits per heavy atom. The van der Waals surface area contributed by atoms with Crippen molar-refractivity contribution in [3.63, 3.8) is 0 Å². The lowest BCUT2D eigenvalue weighted by atomic mass is 10.2. The first-order valence-electron chi connectivity index (χ1n) is 7.37. The summed E-state index contributed by atoms with van der Waals surface area (Å²) in [5.41, 5.74) is 4.02. The van der Waals surface area contributed by atoms with Crippen LogP contribution in [0.25, 0.3) is 0 Å². The van der Waals surface area contributed by atoms with E-state index in [0.717, 1.165) is 42.3 Å². The fourth-order valence-corrected chi connectivity index (χ4v) is 2.28. The molecule has 0 saturated carbocycles. The molecule has 0 bridgehead atoms. The minimum Gasteiger partial charge on any atom is -0.435 e. The first-order valence-corrected chi connectivity index (χ1v) is 7.37. The number of aryl methyl sites for hydroxylation is 3. The Morgan fingerprint density at radius 2 is 2.00 bits per heavy atom. The van der Waals surface area contributed by atoms with Crippen LogP contribution >= 0.6 is 0 Å². The molecule has 2 rings (SSSR count). The van der Waals surface area contributed by atoms with Crippen molar-refractivity contribution in [2.45, 2.75) is 40.7 Å². The van der Waals surface area contributed by atoms with Gasteiger partial charge in [0.15, 0.2) is 5.75 Å². The number of nitrogens with one attached hydrogen (secondary N) is 1. The molecule has 2 aromatic heterocycles. The van der Waals surface area contributed by atoms with E-state index in [0.29, 0.717) is 5.88 Å². The maximum absolute atomic E-state index is 5.97. The number of ether oxygens (including phenoxy) is 1. The number of rotatable bonds is 6. The van der Waals surface area contributed by atoms with Crippen LogP contribution in [0, 0.1) is 20.8 Å². The molecule has 2 aromatic rings. The molecule has 1 N–H and O–H groups in total. The van der Waals surface area contributed by atoms with Gasteiger partial charge in [0.25, 0.3) is 0 Å². The second-order valence-corrected chi connectivity index (χ2v) is 5.36. The molecule has 0 radical (unpaired) electrons. The fraction of sp³-hybridized carbons (Fsp3) is 0.500. The van der Waals surface area contributed by atoms with Crippen molar-refractivity contribution in [2.24, 2.45) is 7.05 Å². The molecule has 0 aromatic carbocycles. The molecule has 114 valence electrons. The number of hydrogen-bond donors (Lipinski definition) is 1. The van der Waals surface area contributed by atoms with Crippen molar-refractivity contribution in [3.05, 3.63) is 34.8 Å². The van der Waals surface area contributed by atoms with E-state index < -0.39 is 0 Å². The van der Waals surface area contributed by atoms with Gasteiger partial charge in [0.05, 0.1) is 5.69 Å². The van der Waals surface area contributed by atoms with Crippen LogP contribution in [0.3, 0.4) is 0 Å². The van der Waals surface area contributed by atoms with Crippen molar-refractivity contribution < 1.29 is 4.74 Å². The highest BCUT2D eigenvalue weighted by atomic mass is 16.5. The molecule has 0 saturated heterocycles. The Hall–Kier alpha value is -1.88. The molecule has 0 fully saturated rings. The van der Waals surface area contributed by atoms with Crippen molar-refractivity contribution in [1.29, 1.82) is 0 Å². The van der Waals surface area contributed by atoms with E-state index in [2.05, 4.69) is 28.4 Å². The Kier molecular flexibility index (Phi) is 4.96. The zero-order valence-corrected chi connectivity index (χ0v) is 13.5. The first-order chi connectivity index (χ1) is 10.0. The maximum Gasteiger partial charge on any atom is 0.219 e. The van der Waals surface area contributed by atoms with Gasteiger partial charge >= 0.3 is 0 Å². The van der Waals surface area contributed by atoms with E-state index in [1.165, 1.54) is 5.56 Å². The number of pyridine rings is 1. The summed E-state index contributed by atoms with van der Waals surface area (Å²) in [4.78, 5) is 4.46. The molecular weight excluding hydrogens is 264 g/mol. The van der Waals surface area contributed by atoms with Gasteiger partial charge in [-0.25, -0.2) is 4.98 Å². The van der Waals surface area contributed by atoms with Crippen LogP contribution in [0.15, 0.2) is 12.1 Å². The Bertz CT molecular complexity index is 619. The molecule has 5 nitrogen and oxygen atoms in total. The van der Waals surface area contributed by atoms with E-state index >= 15 is 0 Å². The van der Waals surface area contributed by atoms with E-state index in [-0.39, 0.29) is 0 Å². The lowest BCUT2D eigenvalue weighted by molar-refractivity contribution is 0.452. The van der Waals surface area contributed by atoms with E-state index in [4.69, 9.17) is 4.74 Å². The molecule has 2 heterocycles. The summed E-state index contributed by atoms with van der Waals surface area (Å²) in [6.45, 7) is 9.93. The standard InChI is InChI=1S/C16H24N4O/c1-6-7-17-10-14-8-11(2)18-15(9-14)21-16-12(3)19-20(5)13(16)4/h8-9,17H,6-7,10H2,1-5H3. The quantitative estimate of drug-likeness (QED) is 0.830. The van der Waals surface area contributed by atoms with Gasteiger partial charge in [0, 0.05) is 25.4 Å². The number of nitrogens with zero attached hydrogens (tertiary/aromatic N) is 3. The van der Waals surface area contributed by atoms with Gasteiger partial charge in [-0.15, -0.1) is 0 Å². The second-order valence-electron chi connectivity index (χ2n) is 5.36. The minimum absolute atomic E-state index is 0.627. The van der Waals surface area contributed by atoms with E-state index in [9.17, 15) is 0 Å². The highest BCUT2D eigenvalue weighted by Gasteiger charge is 2.13. The van der Waals surface area contributed by atoms with Crippen molar-refractivity contribution >= 4 is 0 Å². The monoisotopic (exact) mass is 288 g/mol. The van der Waals surface area contributed by atoms with Gasteiger partial charge < -0.3 is 10.1 Å². The minimum atomic E-state index is 0.627.